The third-order valence-electron chi connectivity index (χ3n) is 3.40. The van der Waals surface area contributed by atoms with Gasteiger partial charge in [0.15, 0.2) is 0 Å². The maximum atomic E-state index is 13.3. The van der Waals surface area contributed by atoms with Crippen molar-refractivity contribution in [1.82, 2.24) is 9.88 Å². The van der Waals surface area contributed by atoms with Crippen LogP contribution in [-0.4, -0.2) is 36.1 Å². The van der Waals surface area contributed by atoms with Gasteiger partial charge in [0.2, 0.25) is 11.6 Å². The molecule has 1 aromatic rings. The number of hydrogen-bond acceptors (Lipinski definition) is 3. The van der Waals surface area contributed by atoms with Crippen molar-refractivity contribution in [2.45, 2.75) is 25.7 Å². The number of anilines is 1. The van der Waals surface area contributed by atoms with Crippen molar-refractivity contribution in [3.63, 3.8) is 0 Å². The summed E-state index contributed by atoms with van der Waals surface area (Å²) >= 11 is 0. The SMILES string of the molecule is Fc1nc(F)c(F)c(NCCCN2CCCCC2)c1F. The molecular weight excluding hydrogens is 274 g/mol. The Hall–Kier alpha value is -1.37. The molecule has 0 unspecified atom stereocenters. The zero-order chi connectivity index (χ0) is 14.5. The van der Waals surface area contributed by atoms with E-state index in [1.165, 1.54) is 6.42 Å². The molecule has 3 nitrogen and oxygen atoms in total. The summed E-state index contributed by atoms with van der Waals surface area (Å²) in [7, 11) is 0. The molecule has 0 radical (unpaired) electrons. The molecule has 0 atom stereocenters. The monoisotopic (exact) mass is 291 g/mol. The maximum absolute atomic E-state index is 13.3. The number of hydrogen-bond donors (Lipinski definition) is 1. The van der Waals surface area contributed by atoms with Gasteiger partial charge in [0.05, 0.1) is 0 Å². The molecule has 0 bridgehead atoms. The summed E-state index contributed by atoms with van der Waals surface area (Å²) in [5.74, 6) is -6.24. The predicted molar refractivity (Wildman–Crippen MR) is 67.5 cm³/mol. The van der Waals surface area contributed by atoms with E-state index >= 15 is 0 Å². The Balaban J connectivity index is 1.84. The standard InChI is InChI=1S/C13H17F4N3/c14-9-11(10(15)13(17)19-12(9)16)18-5-4-8-20-6-2-1-3-7-20/h1-8H2,(H,18,19). The van der Waals surface area contributed by atoms with Gasteiger partial charge < -0.3 is 10.2 Å². The van der Waals surface area contributed by atoms with Gasteiger partial charge in [-0.3, -0.25) is 0 Å². The fraction of sp³-hybridized carbons (Fsp3) is 0.615. The largest absolute Gasteiger partial charge is 0.380 e. The van der Waals surface area contributed by atoms with Gasteiger partial charge in [-0.25, -0.2) is 0 Å². The highest BCUT2D eigenvalue weighted by Crippen LogP contribution is 2.21. The Bertz CT molecular complexity index is 435. The summed E-state index contributed by atoms with van der Waals surface area (Å²) in [6.45, 7) is 3.10. The highest BCUT2D eigenvalue weighted by molar-refractivity contribution is 5.45. The number of piperidine rings is 1. The summed E-state index contributed by atoms with van der Waals surface area (Å²) in [5.41, 5.74) is -0.784. The van der Waals surface area contributed by atoms with Crippen molar-refractivity contribution in [3.8, 4) is 0 Å². The van der Waals surface area contributed by atoms with E-state index in [1.54, 1.807) is 0 Å². The van der Waals surface area contributed by atoms with E-state index in [4.69, 9.17) is 0 Å². The van der Waals surface area contributed by atoms with E-state index in [0.717, 1.165) is 32.5 Å². The van der Waals surface area contributed by atoms with Crippen molar-refractivity contribution in [2.75, 3.05) is 31.5 Å². The molecule has 1 aromatic heterocycles. The molecule has 20 heavy (non-hydrogen) atoms. The summed E-state index contributed by atoms with van der Waals surface area (Å²) < 4.78 is 52.4. The summed E-state index contributed by atoms with van der Waals surface area (Å²) in [4.78, 5) is 4.77. The predicted octanol–water partition coefficient (Wildman–Crippen LogP) is 2.93. The normalized spacial score (nSPS) is 16.4. The second kappa shape index (κ2) is 6.88. The van der Waals surface area contributed by atoms with E-state index in [1.807, 2.05) is 0 Å². The molecule has 1 aliphatic heterocycles. The van der Waals surface area contributed by atoms with Crippen LogP contribution in [0.3, 0.4) is 0 Å². The first-order valence-corrected chi connectivity index (χ1v) is 6.76. The Kier molecular flexibility index (Phi) is 5.17. The molecule has 0 amide bonds. The number of nitrogens with zero attached hydrogens (tertiary/aromatic N) is 2. The summed E-state index contributed by atoms with van der Waals surface area (Å²) in [6, 6.07) is 0. The average Bonchev–Trinajstić information content (AvgIpc) is 2.45. The molecule has 1 N–H and O–H groups in total. The van der Waals surface area contributed by atoms with E-state index in [9.17, 15) is 17.6 Å². The number of likely N-dealkylation sites (tertiary alicyclic amines) is 1. The lowest BCUT2D eigenvalue weighted by atomic mass is 10.1. The third-order valence-corrected chi connectivity index (χ3v) is 3.40. The van der Waals surface area contributed by atoms with Crippen LogP contribution in [0.4, 0.5) is 23.2 Å². The smallest absolute Gasteiger partial charge is 0.253 e. The number of halogens is 4. The first-order chi connectivity index (χ1) is 9.59. The molecule has 7 heteroatoms. The van der Waals surface area contributed by atoms with Crippen LogP contribution in [0.15, 0.2) is 0 Å². The first kappa shape index (κ1) is 15.0. The van der Waals surface area contributed by atoms with Crippen molar-refractivity contribution in [3.05, 3.63) is 23.5 Å². The minimum Gasteiger partial charge on any atom is -0.380 e. The molecule has 0 spiro atoms. The molecule has 2 rings (SSSR count). The quantitative estimate of drug-likeness (QED) is 0.513. The first-order valence-electron chi connectivity index (χ1n) is 6.76. The summed E-state index contributed by atoms with van der Waals surface area (Å²) in [6.07, 6.45) is 4.21. The number of pyridine rings is 1. The molecule has 1 aliphatic rings. The van der Waals surface area contributed by atoms with Gasteiger partial charge in [-0.05, 0) is 38.9 Å². The fourth-order valence-corrected chi connectivity index (χ4v) is 2.34. The molecule has 2 heterocycles. The Morgan fingerprint density at radius 3 is 2.15 bits per heavy atom. The van der Waals surface area contributed by atoms with Gasteiger partial charge >= 0.3 is 0 Å². The van der Waals surface area contributed by atoms with Gasteiger partial charge in [-0.2, -0.15) is 22.5 Å². The van der Waals surface area contributed by atoms with Crippen LogP contribution in [0.25, 0.3) is 0 Å². The van der Waals surface area contributed by atoms with Crippen LogP contribution in [0.1, 0.15) is 25.7 Å². The van der Waals surface area contributed by atoms with E-state index in [-0.39, 0.29) is 6.54 Å². The van der Waals surface area contributed by atoms with Gasteiger partial charge in [0, 0.05) is 6.54 Å². The lowest BCUT2D eigenvalue weighted by Gasteiger charge is -2.26. The Morgan fingerprint density at radius 2 is 1.55 bits per heavy atom. The van der Waals surface area contributed by atoms with Crippen LogP contribution >= 0.6 is 0 Å². The Morgan fingerprint density at radius 1 is 0.950 bits per heavy atom. The number of rotatable bonds is 5. The van der Waals surface area contributed by atoms with Crippen LogP contribution in [0.2, 0.25) is 0 Å². The average molecular weight is 291 g/mol. The fourth-order valence-electron chi connectivity index (χ4n) is 2.34. The second-order valence-corrected chi connectivity index (χ2v) is 4.88. The minimum absolute atomic E-state index is 0.243. The molecule has 0 saturated carbocycles. The van der Waals surface area contributed by atoms with Crippen molar-refractivity contribution in [2.24, 2.45) is 0 Å². The van der Waals surface area contributed by atoms with Gasteiger partial charge in [0.25, 0.3) is 11.9 Å². The van der Waals surface area contributed by atoms with E-state index in [2.05, 4.69) is 15.2 Å². The number of nitrogens with one attached hydrogen (secondary N) is 1. The van der Waals surface area contributed by atoms with Crippen molar-refractivity contribution >= 4 is 5.69 Å². The lowest BCUT2D eigenvalue weighted by Crippen LogP contribution is -2.31. The van der Waals surface area contributed by atoms with Crippen LogP contribution in [0, 0.1) is 23.5 Å². The van der Waals surface area contributed by atoms with Crippen LogP contribution in [0.5, 0.6) is 0 Å². The van der Waals surface area contributed by atoms with Crippen molar-refractivity contribution < 1.29 is 17.6 Å². The number of aromatic nitrogens is 1. The zero-order valence-electron chi connectivity index (χ0n) is 11.1. The van der Waals surface area contributed by atoms with E-state index in [0.29, 0.717) is 6.42 Å². The highest BCUT2D eigenvalue weighted by Gasteiger charge is 2.20. The molecule has 1 fully saturated rings. The lowest BCUT2D eigenvalue weighted by molar-refractivity contribution is 0.228. The van der Waals surface area contributed by atoms with Crippen LogP contribution < -0.4 is 5.32 Å². The maximum Gasteiger partial charge on any atom is 0.253 e. The topological polar surface area (TPSA) is 28.2 Å². The van der Waals surface area contributed by atoms with Crippen LogP contribution in [-0.2, 0) is 0 Å². The third kappa shape index (κ3) is 3.59. The van der Waals surface area contributed by atoms with Crippen molar-refractivity contribution in [1.29, 1.82) is 0 Å². The second-order valence-electron chi connectivity index (χ2n) is 4.88. The molecule has 0 aromatic carbocycles. The zero-order valence-corrected chi connectivity index (χ0v) is 11.1. The summed E-state index contributed by atoms with van der Waals surface area (Å²) in [5, 5.41) is 2.41. The van der Waals surface area contributed by atoms with E-state index < -0.39 is 29.2 Å². The Labute approximate surface area is 115 Å². The molecule has 112 valence electrons. The molecule has 0 aliphatic carbocycles. The highest BCUT2D eigenvalue weighted by atomic mass is 19.2. The molecule has 1 saturated heterocycles. The minimum atomic E-state index is -1.64. The molecular formula is C13H17F4N3. The van der Waals surface area contributed by atoms with Gasteiger partial charge in [0.1, 0.15) is 5.69 Å². The van der Waals surface area contributed by atoms with Gasteiger partial charge in [-0.1, -0.05) is 6.42 Å². The van der Waals surface area contributed by atoms with Gasteiger partial charge in [-0.15, -0.1) is 0 Å².